The third-order valence-corrected chi connectivity index (χ3v) is 4.84. The second kappa shape index (κ2) is 5.59. The lowest BCUT2D eigenvalue weighted by Crippen LogP contribution is -2.42. The lowest BCUT2D eigenvalue weighted by Gasteiger charge is -2.30. The standard InChI is InChI=1S/C14H21N3OS/c1-10-16-8-13(19-10)14(18)17(12-4-5-12)9-11-3-2-6-15-7-11/h8,11-12,15H,2-7,9H2,1H3. The minimum absolute atomic E-state index is 0.193. The Hall–Kier alpha value is -0.940. The van der Waals surface area contributed by atoms with Gasteiger partial charge in [-0.3, -0.25) is 4.79 Å². The van der Waals surface area contributed by atoms with Gasteiger partial charge in [-0.25, -0.2) is 4.98 Å². The number of carbonyl (C=O) groups is 1. The van der Waals surface area contributed by atoms with E-state index >= 15 is 0 Å². The van der Waals surface area contributed by atoms with Crippen LogP contribution in [0.3, 0.4) is 0 Å². The minimum atomic E-state index is 0.193. The highest BCUT2D eigenvalue weighted by Gasteiger charge is 2.35. The van der Waals surface area contributed by atoms with E-state index in [4.69, 9.17) is 0 Å². The van der Waals surface area contributed by atoms with Gasteiger partial charge >= 0.3 is 0 Å². The topological polar surface area (TPSA) is 45.2 Å². The van der Waals surface area contributed by atoms with Gasteiger partial charge in [0.2, 0.25) is 0 Å². The number of aryl methyl sites for hydroxylation is 1. The quantitative estimate of drug-likeness (QED) is 0.917. The monoisotopic (exact) mass is 279 g/mol. The molecule has 1 aromatic heterocycles. The number of rotatable bonds is 4. The summed E-state index contributed by atoms with van der Waals surface area (Å²) in [6.45, 7) is 5.04. The molecular weight excluding hydrogens is 258 g/mol. The molecule has 3 rings (SSSR count). The van der Waals surface area contributed by atoms with E-state index in [2.05, 4.69) is 15.2 Å². The van der Waals surface area contributed by atoms with Crippen molar-refractivity contribution in [1.29, 1.82) is 0 Å². The number of thiazole rings is 1. The number of nitrogens with one attached hydrogen (secondary N) is 1. The first kappa shape index (κ1) is 13.1. The van der Waals surface area contributed by atoms with Gasteiger partial charge in [0.1, 0.15) is 4.88 Å². The van der Waals surface area contributed by atoms with E-state index in [1.165, 1.54) is 37.0 Å². The number of aromatic nitrogens is 1. The Morgan fingerprint density at radius 3 is 2.95 bits per heavy atom. The Labute approximate surface area is 118 Å². The van der Waals surface area contributed by atoms with Gasteiger partial charge in [-0.1, -0.05) is 0 Å². The van der Waals surface area contributed by atoms with E-state index in [1.807, 2.05) is 6.92 Å². The van der Waals surface area contributed by atoms with E-state index in [0.29, 0.717) is 12.0 Å². The predicted octanol–water partition coefficient (Wildman–Crippen LogP) is 2.06. The maximum atomic E-state index is 12.6. The van der Waals surface area contributed by atoms with Crippen LogP contribution < -0.4 is 5.32 Å². The molecule has 1 aliphatic carbocycles. The summed E-state index contributed by atoms with van der Waals surface area (Å²) in [6, 6.07) is 0.483. The average molecular weight is 279 g/mol. The van der Waals surface area contributed by atoms with Crippen molar-refractivity contribution in [2.75, 3.05) is 19.6 Å². The molecular formula is C14H21N3OS. The van der Waals surface area contributed by atoms with Crippen LogP contribution in [0.15, 0.2) is 6.20 Å². The number of amides is 1. The van der Waals surface area contributed by atoms with Crippen LogP contribution >= 0.6 is 11.3 Å². The molecule has 1 saturated heterocycles. The van der Waals surface area contributed by atoms with Gasteiger partial charge in [-0.2, -0.15) is 0 Å². The fourth-order valence-electron chi connectivity index (χ4n) is 2.74. The van der Waals surface area contributed by atoms with E-state index in [0.717, 1.165) is 29.5 Å². The van der Waals surface area contributed by atoms with Crippen LogP contribution in [-0.2, 0) is 0 Å². The van der Waals surface area contributed by atoms with Crippen LogP contribution in [0.2, 0.25) is 0 Å². The fraction of sp³-hybridized carbons (Fsp3) is 0.714. The summed E-state index contributed by atoms with van der Waals surface area (Å²) in [6.07, 6.45) is 6.55. The molecule has 2 aliphatic rings. The molecule has 1 aliphatic heterocycles. The summed E-state index contributed by atoms with van der Waals surface area (Å²) in [7, 11) is 0. The van der Waals surface area contributed by atoms with Crippen molar-refractivity contribution in [1.82, 2.24) is 15.2 Å². The SMILES string of the molecule is Cc1ncc(C(=O)N(CC2CCCNC2)C2CC2)s1. The highest BCUT2D eigenvalue weighted by Crippen LogP contribution is 2.30. The van der Waals surface area contributed by atoms with Crippen molar-refractivity contribution in [3.63, 3.8) is 0 Å². The number of hydrogen-bond acceptors (Lipinski definition) is 4. The van der Waals surface area contributed by atoms with Crippen LogP contribution in [0.5, 0.6) is 0 Å². The molecule has 1 aromatic rings. The third-order valence-electron chi connectivity index (χ3n) is 3.93. The van der Waals surface area contributed by atoms with E-state index in [1.54, 1.807) is 6.20 Å². The average Bonchev–Trinajstić information content (AvgIpc) is 3.18. The van der Waals surface area contributed by atoms with Gasteiger partial charge in [-0.05, 0) is 51.6 Å². The van der Waals surface area contributed by atoms with Crippen molar-refractivity contribution in [2.24, 2.45) is 5.92 Å². The molecule has 0 radical (unpaired) electrons. The molecule has 5 heteroatoms. The summed E-state index contributed by atoms with van der Waals surface area (Å²) in [5.41, 5.74) is 0. The maximum absolute atomic E-state index is 12.6. The summed E-state index contributed by atoms with van der Waals surface area (Å²) in [5.74, 6) is 0.811. The first-order valence-electron chi connectivity index (χ1n) is 7.18. The highest BCUT2D eigenvalue weighted by atomic mass is 32.1. The molecule has 2 heterocycles. The molecule has 1 amide bonds. The molecule has 1 atom stereocenters. The molecule has 1 N–H and O–H groups in total. The predicted molar refractivity (Wildman–Crippen MR) is 76.5 cm³/mol. The number of carbonyl (C=O) groups excluding carboxylic acids is 1. The zero-order valence-electron chi connectivity index (χ0n) is 11.4. The normalized spacial score (nSPS) is 23.3. The van der Waals surface area contributed by atoms with Crippen LogP contribution in [-0.4, -0.2) is 41.5 Å². The fourth-order valence-corrected chi connectivity index (χ4v) is 3.48. The van der Waals surface area contributed by atoms with Gasteiger partial charge in [-0.15, -0.1) is 11.3 Å². The van der Waals surface area contributed by atoms with Gasteiger partial charge in [0.05, 0.1) is 11.2 Å². The second-order valence-corrected chi connectivity index (χ2v) is 6.88. The Morgan fingerprint density at radius 2 is 2.37 bits per heavy atom. The molecule has 1 unspecified atom stereocenters. The lowest BCUT2D eigenvalue weighted by atomic mass is 9.99. The van der Waals surface area contributed by atoms with Gasteiger partial charge in [0.25, 0.3) is 5.91 Å². The summed E-state index contributed by atoms with van der Waals surface area (Å²) in [4.78, 5) is 19.7. The molecule has 2 fully saturated rings. The van der Waals surface area contributed by atoms with Gasteiger partial charge < -0.3 is 10.2 Å². The Kier molecular flexibility index (Phi) is 3.84. The molecule has 19 heavy (non-hydrogen) atoms. The van der Waals surface area contributed by atoms with Crippen LogP contribution in [0.4, 0.5) is 0 Å². The van der Waals surface area contributed by atoms with Crippen molar-refractivity contribution >= 4 is 17.2 Å². The largest absolute Gasteiger partial charge is 0.335 e. The molecule has 4 nitrogen and oxygen atoms in total. The van der Waals surface area contributed by atoms with Crippen molar-refractivity contribution < 1.29 is 4.79 Å². The summed E-state index contributed by atoms with van der Waals surface area (Å²) < 4.78 is 0. The van der Waals surface area contributed by atoms with Crippen LogP contribution in [0.25, 0.3) is 0 Å². The Bertz CT molecular complexity index is 449. The molecule has 1 saturated carbocycles. The number of nitrogens with zero attached hydrogens (tertiary/aromatic N) is 2. The Morgan fingerprint density at radius 1 is 1.53 bits per heavy atom. The highest BCUT2D eigenvalue weighted by molar-refractivity contribution is 7.13. The summed E-state index contributed by atoms with van der Waals surface area (Å²) >= 11 is 1.51. The number of hydrogen-bond donors (Lipinski definition) is 1. The first-order chi connectivity index (χ1) is 9.24. The molecule has 0 spiro atoms. The molecule has 0 bridgehead atoms. The Balaban J connectivity index is 1.68. The first-order valence-corrected chi connectivity index (χ1v) is 8.00. The van der Waals surface area contributed by atoms with E-state index in [-0.39, 0.29) is 5.91 Å². The zero-order chi connectivity index (χ0) is 13.2. The second-order valence-electron chi connectivity index (χ2n) is 5.64. The van der Waals surface area contributed by atoms with Crippen molar-refractivity contribution in [2.45, 2.75) is 38.6 Å². The van der Waals surface area contributed by atoms with Crippen LogP contribution in [0, 0.1) is 12.8 Å². The third kappa shape index (κ3) is 3.15. The lowest BCUT2D eigenvalue weighted by molar-refractivity contribution is 0.0709. The van der Waals surface area contributed by atoms with Crippen LogP contribution in [0.1, 0.15) is 40.4 Å². The molecule has 104 valence electrons. The molecule has 0 aromatic carbocycles. The number of piperidine rings is 1. The van der Waals surface area contributed by atoms with Crippen molar-refractivity contribution in [3.8, 4) is 0 Å². The van der Waals surface area contributed by atoms with Crippen molar-refractivity contribution in [3.05, 3.63) is 16.1 Å². The summed E-state index contributed by atoms with van der Waals surface area (Å²) in [5, 5.41) is 4.41. The van der Waals surface area contributed by atoms with Gasteiger partial charge in [0, 0.05) is 12.6 Å². The smallest absolute Gasteiger partial charge is 0.265 e. The van der Waals surface area contributed by atoms with E-state index in [9.17, 15) is 4.79 Å². The maximum Gasteiger partial charge on any atom is 0.265 e. The minimum Gasteiger partial charge on any atom is -0.335 e. The van der Waals surface area contributed by atoms with Gasteiger partial charge in [0.15, 0.2) is 0 Å². The zero-order valence-corrected chi connectivity index (χ0v) is 12.2. The van der Waals surface area contributed by atoms with E-state index < -0.39 is 0 Å².